The van der Waals surface area contributed by atoms with Crippen molar-refractivity contribution in [3.8, 4) is 5.75 Å². The van der Waals surface area contributed by atoms with Gasteiger partial charge in [0.15, 0.2) is 0 Å². The number of aryl methyl sites for hydroxylation is 1. The van der Waals surface area contributed by atoms with Gasteiger partial charge in [0.2, 0.25) is 0 Å². The Kier molecular flexibility index (Phi) is 9.57. The fourth-order valence-electron chi connectivity index (χ4n) is 6.98. The highest BCUT2D eigenvalue weighted by atomic mass is 35.5. The van der Waals surface area contributed by atoms with E-state index in [2.05, 4.69) is 29.2 Å². The van der Waals surface area contributed by atoms with Gasteiger partial charge in [-0.15, -0.1) is 0 Å². The van der Waals surface area contributed by atoms with Crippen molar-refractivity contribution in [3.63, 3.8) is 0 Å². The molecule has 1 aliphatic carbocycles. The number of methoxy groups -OCH3 is 1. The minimum atomic E-state index is -0.566. The number of carbonyl (C=O) groups is 2. The topological polar surface area (TPSA) is 79.3 Å². The molecule has 4 aliphatic rings. The molecule has 3 saturated heterocycles. The Morgan fingerprint density at radius 3 is 2.54 bits per heavy atom. The molecule has 0 aromatic heterocycles. The predicted molar refractivity (Wildman–Crippen MR) is 159 cm³/mol. The molecule has 0 spiro atoms. The van der Waals surface area contributed by atoms with Crippen molar-refractivity contribution in [2.75, 3.05) is 40.3 Å². The molecule has 7 nitrogen and oxygen atoms in total. The molecular formula is C33H43ClN2O5. The second kappa shape index (κ2) is 13.1. The largest absolute Gasteiger partial charge is 0.496 e. The normalized spacial score (nSPS) is 23.2. The number of rotatable bonds is 10. The number of hydrogen-bond acceptors (Lipinski definition) is 6. The van der Waals surface area contributed by atoms with Gasteiger partial charge in [0.25, 0.3) is 5.91 Å². The third-order valence-electron chi connectivity index (χ3n) is 9.51. The molecular weight excluding hydrogens is 540 g/mol. The SMILES string of the molecule is COc1cc(C(=O)N(C)CCCc2cccc(C3(C(=O)OC4CN5CCC4CC5)CCCCC3)c2)c(Cl)cc1CO. The molecule has 1 saturated carbocycles. The van der Waals surface area contributed by atoms with Crippen molar-refractivity contribution >= 4 is 23.5 Å². The van der Waals surface area contributed by atoms with Gasteiger partial charge in [0, 0.05) is 25.7 Å². The first-order chi connectivity index (χ1) is 19.8. The number of nitrogens with zero attached hydrogens (tertiary/aromatic N) is 2. The molecule has 3 heterocycles. The zero-order chi connectivity index (χ0) is 29.0. The summed E-state index contributed by atoms with van der Waals surface area (Å²) in [5, 5.41) is 9.81. The Hall–Kier alpha value is -2.61. The first-order valence-electron chi connectivity index (χ1n) is 15.1. The van der Waals surface area contributed by atoms with Crippen molar-refractivity contribution < 1.29 is 24.2 Å². The van der Waals surface area contributed by atoms with Crippen LogP contribution in [0.25, 0.3) is 0 Å². The highest BCUT2D eigenvalue weighted by Gasteiger charge is 2.45. The summed E-state index contributed by atoms with van der Waals surface area (Å²) in [4.78, 5) is 31.1. The van der Waals surface area contributed by atoms with Gasteiger partial charge in [0.1, 0.15) is 11.9 Å². The number of aliphatic hydroxyl groups is 1. The lowest BCUT2D eigenvalue weighted by atomic mass is 9.69. The fraction of sp³-hybridized carbons (Fsp3) is 0.576. The van der Waals surface area contributed by atoms with E-state index in [0.29, 0.717) is 34.4 Å². The molecule has 1 amide bonds. The molecule has 1 atom stereocenters. The number of aliphatic hydroxyl groups excluding tert-OH is 1. The van der Waals surface area contributed by atoms with Gasteiger partial charge in [-0.25, -0.2) is 0 Å². The van der Waals surface area contributed by atoms with Gasteiger partial charge in [-0.2, -0.15) is 0 Å². The summed E-state index contributed by atoms with van der Waals surface area (Å²) in [5.74, 6) is 0.717. The lowest BCUT2D eigenvalue weighted by Gasteiger charge is -2.45. The number of esters is 1. The van der Waals surface area contributed by atoms with Crippen molar-refractivity contribution in [2.24, 2.45) is 5.92 Å². The summed E-state index contributed by atoms with van der Waals surface area (Å²) in [7, 11) is 3.27. The average molecular weight is 583 g/mol. The number of hydrogen-bond donors (Lipinski definition) is 1. The van der Waals surface area contributed by atoms with Crippen LogP contribution in [0.1, 0.15) is 78.4 Å². The van der Waals surface area contributed by atoms with Crippen LogP contribution >= 0.6 is 11.6 Å². The van der Waals surface area contributed by atoms with Crippen LogP contribution in [-0.2, 0) is 28.0 Å². The van der Waals surface area contributed by atoms with Crippen LogP contribution in [0.3, 0.4) is 0 Å². The Morgan fingerprint density at radius 1 is 1.12 bits per heavy atom. The van der Waals surface area contributed by atoms with Crippen LogP contribution in [-0.4, -0.2) is 73.2 Å². The molecule has 222 valence electrons. The molecule has 4 fully saturated rings. The Labute approximate surface area is 248 Å². The summed E-state index contributed by atoms with van der Waals surface area (Å²) < 4.78 is 11.6. The molecule has 2 aromatic rings. The van der Waals surface area contributed by atoms with Crippen molar-refractivity contribution in [1.29, 1.82) is 0 Å². The van der Waals surface area contributed by atoms with Gasteiger partial charge in [-0.3, -0.25) is 14.5 Å². The van der Waals surface area contributed by atoms with Crippen molar-refractivity contribution in [2.45, 2.75) is 75.9 Å². The first kappa shape index (κ1) is 29.9. The molecule has 8 heteroatoms. The quantitative estimate of drug-likeness (QED) is 0.379. The summed E-state index contributed by atoms with van der Waals surface area (Å²) in [5.41, 5.74) is 2.57. The number of halogens is 1. The number of benzene rings is 2. The van der Waals surface area contributed by atoms with Crippen molar-refractivity contribution in [3.05, 3.63) is 63.7 Å². The number of fused-ring (bicyclic) bond motifs is 3. The summed E-state index contributed by atoms with van der Waals surface area (Å²) in [6, 6.07) is 11.6. The predicted octanol–water partition coefficient (Wildman–Crippen LogP) is 5.39. The smallest absolute Gasteiger partial charge is 0.316 e. The fourth-order valence-corrected chi connectivity index (χ4v) is 7.25. The van der Waals surface area contributed by atoms with Crippen molar-refractivity contribution in [1.82, 2.24) is 9.80 Å². The van der Waals surface area contributed by atoms with Gasteiger partial charge in [-0.05, 0) is 80.8 Å². The van der Waals surface area contributed by atoms with E-state index in [-0.39, 0.29) is 24.6 Å². The van der Waals surface area contributed by atoms with Gasteiger partial charge < -0.3 is 19.5 Å². The zero-order valence-corrected chi connectivity index (χ0v) is 25.1. The Bertz CT molecular complexity index is 1240. The van der Waals surface area contributed by atoms with Gasteiger partial charge in [0.05, 0.1) is 29.7 Å². The second-order valence-electron chi connectivity index (χ2n) is 12.1. The maximum atomic E-state index is 13.9. The molecule has 3 aliphatic heterocycles. The molecule has 1 N–H and O–H groups in total. The van der Waals surface area contributed by atoms with E-state index in [9.17, 15) is 14.7 Å². The monoisotopic (exact) mass is 582 g/mol. The molecule has 0 radical (unpaired) electrons. The zero-order valence-electron chi connectivity index (χ0n) is 24.4. The highest BCUT2D eigenvalue weighted by Crippen LogP contribution is 2.42. The molecule has 41 heavy (non-hydrogen) atoms. The van der Waals surface area contributed by atoms with Crippen LogP contribution in [0, 0.1) is 5.92 Å². The summed E-state index contributed by atoms with van der Waals surface area (Å²) in [6.07, 6.45) is 8.76. The minimum Gasteiger partial charge on any atom is -0.496 e. The van der Waals surface area contributed by atoms with E-state index >= 15 is 0 Å². The van der Waals surface area contributed by atoms with Gasteiger partial charge >= 0.3 is 5.97 Å². The average Bonchev–Trinajstić information content (AvgIpc) is 3.01. The van der Waals surface area contributed by atoms with Crippen LogP contribution in [0.15, 0.2) is 36.4 Å². The number of carbonyl (C=O) groups excluding carboxylic acids is 2. The third kappa shape index (κ3) is 6.42. The van der Waals surface area contributed by atoms with E-state index in [4.69, 9.17) is 21.1 Å². The number of piperidine rings is 3. The third-order valence-corrected chi connectivity index (χ3v) is 9.82. The molecule has 2 bridgehead atoms. The maximum Gasteiger partial charge on any atom is 0.316 e. The van der Waals surface area contributed by atoms with Crippen LogP contribution in [0.2, 0.25) is 5.02 Å². The van der Waals surface area contributed by atoms with E-state index in [0.717, 1.165) is 88.5 Å². The highest BCUT2D eigenvalue weighted by molar-refractivity contribution is 6.34. The summed E-state index contributed by atoms with van der Waals surface area (Å²) in [6.45, 7) is 3.47. The van der Waals surface area contributed by atoms with E-state index < -0.39 is 5.41 Å². The number of ether oxygens (including phenoxy) is 2. The maximum absolute atomic E-state index is 13.9. The number of amides is 1. The second-order valence-corrected chi connectivity index (χ2v) is 12.5. The lowest BCUT2D eigenvalue weighted by Crippen LogP contribution is -2.53. The minimum absolute atomic E-state index is 0.0216. The lowest BCUT2D eigenvalue weighted by molar-refractivity contribution is -0.167. The van der Waals surface area contributed by atoms with Crippen LogP contribution in [0.5, 0.6) is 5.75 Å². The molecule has 1 unspecified atom stereocenters. The van der Waals surface area contributed by atoms with Gasteiger partial charge in [-0.1, -0.05) is 55.1 Å². The summed E-state index contributed by atoms with van der Waals surface area (Å²) >= 11 is 6.36. The van der Waals surface area contributed by atoms with Crippen LogP contribution < -0.4 is 4.74 Å². The van der Waals surface area contributed by atoms with E-state index in [1.807, 2.05) is 0 Å². The molecule has 6 rings (SSSR count). The standard InChI is InChI=1S/C33H43ClN2O5/c1-35(31(38)27-20-29(40-2)25(22-37)19-28(27)34)15-7-9-23-8-6-10-26(18-23)33(13-4-3-5-14-33)32(39)41-30-21-36-16-11-24(30)12-17-36/h6,8,10,18-20,24,30,37H,3-5,7,9,11-17,21-22H2,1-2H3. The van der Waals surface area contributed by atoms with E-state index in [1.54, 1.807) is 24.1 Å². The van der Waals surface area contributed by atoms with E-state index in [1.165, 1.54) is 7.11 Å². The van der Waals surface area contributed by atoms with Crippen LogP contribution in [0.4, 0.5) is 0 Å². The Morgan fingerprint density at radius 2 is 1.88 bits per heavy atom. The Balaban J connectivity index is 1.24. The molecule has 2 aromatic carbocycles. The first-order valence-corrected chi connectivity index (χ1v) is 15.5.